The standard InChI is InChI=1S/C15H14FN3O/c1-3-11-10(2)18-14-8-9-17-19(14)15(11)20-13-7-5-4-6-12(13)16/h4-9H,3H2,1-2H3. The molecule has 0 unspecified atom stereocenters. The molecule has 0 saturated carbocycles. The van der Waals surface area contributed by atoms with Gasteiger partial charge in [-0.25, -0.2) is 9.37 Å². The summed E-state index contributed by atoms with van der Waals surface area (Å²) in [5, 5.41) is 4.20. The lowest BCUT2D eigenvalue weighted by Gasteiger charge is -2.13. The maximum Gasteiger partial charge on any atom is 0.227 e. The minimum absolute atomic E-state index is 0.185. The van der Waals surface area contributed by atoms with Crippen LogP contribution in [0.5, 0.6) is 11.6 Å². The van der Waals surface area contributed by atoms with Crippen molar-refractivity contribution >= 4 is 5.65 Å². The summed E-state index contributed by atoms with van der Waals surface area (Å²) in [4.78, 5) is 4.46. The van der Waals surface area contributed by atoms with Crippen LogP contribution in [0.2, 0.25) is 0 Å². The first-order valence-corrected chi connectivity index (χ1v) is 6.46. The molecule has 0 N–H and O–H groups in total. The van der Waals surface area contributed by atoms with E-state index in [1.54, 1.807) is 35.0 Å². The number of benzene rings is 1. The fourth-order valence-corrected chi connectivity index (χ4v) is 2.20. The number of aryl methyl sites for hydroxylation is 1. The highest BCUT2D eigenvalue weighted by molar-refractivity contribution is 5.46. The summed E-state index contributed by atoms with van der Waals surface area (Å²) in [7, 11) is 0. The van der Waals surface area contributed by atoms with Gasteiger partial charge in [-0.15, -0.1) is 0 Å². The second-order valence-corrected chi connectivity index (χ2v) is 4.47. The van der Waals surface area contributed by atoms with Crippen LogP contribution in [0.3, 0.4) is 0 Å². The Balaban J connectivity index is 2.19. The molecule has 0 spiro atoms. The van der Waals surface area contributed by atoms with Gasteiger partial charge < -0.3 is 4.74 Å². The minimum Gasteiger partial charge on any atom is -0.435 e. The lowest BCUT2D eigenvalue weighted by Crippen LogP contribution is -2.05. The van der Waals surface area contributed by atoms with E-state index in [0.29, 0.717) is 11.5 Å². The molecule has 0 fully saturated rings. The van der Waals surface area contributed by atoms with Gasteiger partial charge in [-0.1, -0.05) is 19.1 Å². The number of hydrogen-bond donors (Lipinski definition) is 0. The van der Waals surface area contributed by atoms with Crippen molar-refractivity contribution in [3.8, 4) is 11.6 Å². The summed E-state index contributed by atoms with van der Waals surface area (Å²) in [6.45, 7) is 3.92. The maximum atomic E-state index is 13.8. The normalized spacial score (nSPS) is 10.9. The van der Waals surface area contributed by atoms with Crippen LogP contribution in [0.4, 0.5) is 4.39 Å². The predicted molar refractivity (Wildman–Crippen MR) is 73.6 cm³/mol. The summed E-state index contributed by atoms with van der Waals surface area (Å²) in [6, 6.07) is 8.12. The Kier molecular flexibility index (Phi) is 3.10. The van der Waals surface area contributed by atoms with Crippen molar-refractivity contribution in [2.45, 2.75) is 20.3 Å². The Morgan fingerprint density at radius 3 is 2.80 bits per heavy atom. The highest BCUT2D eigenvalue weighted by Crippen LogP contribution is 2.29. The number of rotatable bonds is 3. The summed E-state index contributed by atoms with van der Waals surface area (Å²) >= 11 is 0. The Hall–Kier alpha value is -2.43. The van der Waals surface area contributed by atoms with Crippen molar-refractivity contribution in [2.24, 2.45) is 0 Å². The van der Waals surface area contributed by atoms with Crippen LogP contribution in [0.15, 0.2) is 36.5 Å². The number of hydrogen-bond acceptors (Lipinski definition) is 3. The highest BCUT2D eigenvalue weighted by Gasteiger charge is 2.15. The first-order valence-electron chi connectivity index (χ1n) is 6.46. The zero-order valence-corrected chi connectivity index (χ0v) is 11.3. The van der Waals surface area contributed by atoms with Gasteiger partial charge in [0.1, 0.15) is 0 Å². The van der Waals surface area contributed by atoms with Gasteiger partial charge in [0, 0.05) is 17.3 Å². The van der Waals surface area contributed by atoms with E-state index < -0.39 is 5.82 Å². The molecule has 0 aliphatic heterocycles. The third-order valence-electron chi connectivity index (χ3n) is 3.19. The molecule has 2 aromatic heterocycles. The largest absolute Gasteiger partial charge is 0.435 e. The van der Waals surface area contributed by atoms with E-state index in [-0.39, 0.29) is 5.75 Å². The van der Waals surface area contributed by atoms with Crippen molar-refractivity contribution < 1.29 is 9.13 Å². The van der Waals surface area contributed by atoms with E-state index in [4.69, 9.17) is 4.74 Å². The molecule has 0 bridgehead atoms. The van der Waals surface area contributed by atoms with Crippen molar-refractivity contribution in [2.75, 3.05) is 0 Å². The molecular formula is C15H14FN3O. The Labute approximate surface area is 115 Å². The van der Waals surface area contributed by atoms with E-state index >= 15 is 0 Å². The van der Waals surface area contributed by atoms with Crippen LogP contribution in [0.1, 0.15) is 18.2 Å². The van der Waals surface area contributed by atoms with Crippen LogP contribution >= 0.6 is 0 Å². The monoisotopic (exact) mass is 271 g/mol. The minimum atomic E-state index is -0.399. The Bertz CT molecular complexity index is 767. The van der Waals surface area contributed by atoms with Gasteiger partial charge in [-0.2, -0.15) is 9.61 Å². The third kappa shape index (κ3) is 2.01. The zero-order valence-electron chi connectivity index (χ0n) is 11.3. The number of ether oxygens (including phenoxy) is 1. The first kappa shape index (κ1) is 12.6. The number of aromatic nitrogens is 3. The predicted octanol–water partition coefficient (Wildman–Crippen LogP) is 3.53. The first-order chi connectivity index (χ1) is 9.70. The number of nitrogens with zero attached hydrogens (tertiary/aromatic N) is 3. The highest BCUT2D eigenvalue weighted by atomic mass is 19.1. The topological polar surface area (TPSA) is 39.4 Å². The molecule has 20 heavy (non-hydrogen) atoms. The van der Waals surface area contributed by atoms with Crippen molar-refractivity contribution in [3.05, 3.63) is 53.6 Å². The SMILES string of the molecule is CCc1c(C)nc2ccnn2c1Oc1ccccc1F. The molecule has 4 nitrogen and oxygen atoms in total. The second kappa shape index (κ2) is 4.92. The van der Waals surface area contributed by atoms with Gasteiger partial charge in [-0.3, -0.25) is 0 Å². The van der Waals surface area contributed by atoms with Gasteiger partial charge in [0.2, 0.25) is 5.88 Å². The third-order valence-corrected chi connectivity index (χ3v) is 3.19. The van der Waals surface area contributed by atoms with Crippen molar-refractivity contribution in [3.63, 3.8) is 0 Å². The van der Waals surface area contributed by atoms with E-state index in [2.05, 4.69) is 10.1 Å². The van der Waals surface area contributed by atoms with E-state index in [9.17, 15) is 4.39 Å². The number of fused-ring (bicyclic) bond motifs is 1. The van der Waals surface area contributed by atoms with E-state index in [0.717, 1.165) is 17.7 Å². The molecular weight excluding hydrogens is 257 g/mol. The van der Waals surface area contributed by atoms with Crippen LogP contribution < -0.4 is 4.74 Å². The summed E-state index contributed by atoms with van der Waals surface area (Å²) in [5.41, 5.74) is 2.47. The van der Waals surface area contributed by atoms with Gasteiger partial charge in [-0.05, 0) is 25.5 Å². The fraction of sp³-hybridized carbons (Fsp3) is 0.200. The van der Waals surface area contributed by atoms with Gasteiger partial charge in [0.15, 0.2) is 17.2 Å². The quantitative estimate of drug-likeness (QED) is 0.731. The lowest BCUT2D eigenvalue weighted by atomic mass is 10.2. The Morgan fingerprint density at radius 1 is 1.25 bits per heavy atom. The van der Waals surface area contributed by atoms with Crippen LogP contribution in [-0.2, 0) is 6.42 Å². The van der Waals surface area contributed by atoms with Gasteiger partial charge in [0.05, 0.1) is 6.20 Å². The molecule has 0 aliphatic rings. The second-order valence-electron chi connectivity index (χ2n) is 4.47. The average molecular weight is 271 g/mol. The summed E-state index contributed by atoms with van der Waals surface area (Å²) < 4.78 is 21.1. The smallest absolute Gasteiger partial charge is 0.227 e. The maximum absolute atomic E-state index is 13.8. The Morgan fingerprint density at radius 2 is 2.05 bits per heavy atom. The average Bonchev–Trinajstić information content (AvgIpc) is 2.89. The van der Waals surface area contributed by atoms with Crippen LogP contribution in [-0.4, -0.2) is 14.6 Å². The molecule has 0 radical (unpaired) electrons. The van der Waals surface area contributed by atoms with E-state index in [1.165, 1.54) is 6.07 Å². The van der Waals surface area contributed by atoms with E-state index in [1.807, 2.05) is 13.8 Å². The molecule has 3 rings (SSSR count). The molecule has 0 aliphatic carbocycles. The lowest BCUT2D eigenvalue weighted by molar-refractivity contribution is 0.409. The molecule has 102 valence electrons. The molecule has 0 atom stereocenters. The van der Waals surface area contributed by atoms with Crippen LogP contribution in [0, 0.1) is 12.7 Å². The van der Waals surface area contributed by atoms with Crippen molar-refractivity contribution in [1.29, 1.82) is 0 Å². The zero-order chi connectivity index (χ0) is 14.1. The summed E-state index contributed by atoms with van der Waals surface area (Å²) in [6.07, 6.45) is 2.38. The number of para-hydroxylation sites is 1. The number of halogens is 1. The van der Waals surface area contributed by atoms with Gasteiger partial charge >= 0.3 is 0 Å². The molecule has 2 heterocycles. The van der Waals surface area contributed by atoms with Gasteiger partial charge in [0.25, 0.3) is 0 Å². The molecule has 0 amide bonds. The fourth-order valence-electron chi connectivity index (χ4n) is 2.20. The van der Waals surface area contributed by atoms with Crippen LogP contribution in [0.25, 0.3) is 5.65 Å². The summed E-state index contributed by atoms with van der Waals surface area (Å²) in [5.74, 6) is 0.305. The molecule has 5 heteroatoms. The molecule has 0 saturated heterocycles. The molecule has 1 aromatic carbocycles. The molecule has 3 aromatic rings. The van der Waals surface area contributed by atoms with Crippen molar-refractivity contribution in [1.82, 2.24) is 14.6 Å².